The van der Waals surface area contributed by atoms with Gasteiger partial charge in [-0.1, -0.05) is 48.5 Å². The number of nitrogens with zero attached hydrogens (tertiary/aromatic N) is 2. The van der Waals surface area contributed by atoms with Crippen molar-refractivity contribution in [2.75, 3.05) is 11.9 Å². The molecule has 2 heterocycles. The predicted octanol–water partition coefficient (Wildman–Crippen LogP) is 4.76. The lowest BCUT2D eigenvalue weighted by molar-refractivity contribution is -0.119. The number of ether oxygens (including phenoxy) is 1. The van der Waals surface area contributed by atoms with Crippen molar-refractivity contribution in [1.82, 2.24) is 9.97 Å². The molecule has 1 unspecified atom stereocenters. The molecule has 2 aromatic carbocycles. The molecule has 0 aliphatic heterocycles. The first-order valence-electron chi connectivity index (χ1n) is 10.5. The Balaban J connectivity index is 1.45. The molecule has 1 atom stereocenters. The van der Waals surface area contributed by atoms with Crippen molar-refractivity contribution in [2.24, 2.45) is 0 Å². The summed E-state index contributed by atoms with van der Waals surface area (Å²) in [6, 6.07) is 17.9. The normalized spacial score (nSPS) is 15.2. The van der Waals surface area contributed by atoms with E-state index in [0.717, 1.165) is 35.0 Å². The summed E-state index contributed by atoms with van der Waals surface area (Å²) < 4.78 is 5.45. The van der Waals surface area contributed by atoms with Crippen molar-refractivity contribution >= 4 is 39.2 Å². The molecule has 1 aliphatic carbocycles. The Kier molecular flexibility index (Phi) is 5.64. The number of anilines is 1. The number of fused-ring (bicyclic) bond motifs is 2. The summed E-state index contributed by atoms with van der Waals surface area (Å²) in [5.41, 5.74) is 4.41. The van der Waals surface area contributed by atoms with Gasteiger partial charge in [-0.05, 0) is 42.4 Å². The SMILES string of the molecule is O=C(COC(=O)c1c2c(nc3ccccc13)CCC(c1ccccc1)C2)Nc1nccs1. The maximum Gasteiger partial charge on any atom is 0.339 e. The van der Waals surface area contributed by atoms with Crippen LogP contribution >= 0.6 is 11.3 Å². The van der Waals surface area contributed by atoms with Gasteiger partial charge in [-0.2, -0.15) is 0 Å². The molecule has 1 aliphatic rings. The quantitative estimate of drug-likeness (QED) is 0.450. The minimum absolute atomic E-state index is 0.311. The van der Waals surface area contributed by atoms with E-state index in [1.54, 1.807) is 11.6 Å². The third-order valence-corrected chi connectivity index (χ3v) is 6.44. The highest BCUT2D eigenvalue weighted by Crippen LogP contribution is 2.36. The number of aromatic nitrogens is 2. The van der Waals surface area contributed by atoms with E-state index in [2.05, 4.69) is 22.4 Å². The molecule has 1 amide bonds. The monoisotopic (exact) mass is 443 g/mol. The first-order chi connectivity index (χ1) is 15.7. The molecule has 0 spiro atoms. The number of esters is 1. The molecule has 32 heavy (non-hydrogen) atoms. The van der Waals surface area contributed by atoms with E-state index in [1.165, 1.54) is 16.9 Å². The van der Waals surface area contributed by atoms with Gasteiger partial charge in [0.2, 0.25) is 0 Å². The Labute approximate surface area is 189 Å². The number of hydrogen-bond donors (Lipinski definition) is 1. The van der Waals surface area contributed by atoms with Crippen molar-refractivity contribution in [3.05, 3.63) is 88.6 Å². The Morgan fingerprint density at radius 1 is 1.09 bits per heavy atom. The molecular formula is C25H21N3O3S. The van der Waals surface area contributed by atoms with Crippen molar-refractivity contribution in [3.63, 3.8) is 0 Å². The molecule has 0 fully saturated rings. The zero-order chi connectivity index (χ0) is 21.9. The van der Waals surface area contributed by atoms with Crippen LogP contribution in [-0.2, 0) is 22.4 Å². The summed E-state index contributed by atoms with van der Waals surface area (Å²) in [5, 5.41) is 5.63. The number of pyridine rings is 1. The number of benzene rings is 2. The molecule has 0 radical (unpaired) electrons. The molecule has 4 aromatic rings. The zero-order valence-corrected chi connectivity index (χ0v) is 18.1. The van der Waals surface area contributed by atoms with Gasteiger partial charge >= 0.3 is 5.97 Å². The number of thiazole rings is 1. The van der Waals surface area contributed by atoms with Crippen LogP contribution in [0, 0.1) is 0 Å². The maximum absolute atomic E-state index is 13.2. The van der Waals surface area contributed by atoms with Crippen molar-refractivity contribution in [1.29, 1.82) is 0 Å². The smallest absolute Gasteiger partial charge is 0.339 e. The number of nitrogens with one attached hydrogen (secondary N) is 1. The van der Waals surface area contributed by atoms with E-state index < -0.39 is 11.9 Å². The van der Waals surface area contributed by atoms with Crippen molar-refractivity contribution in [3.8, 4) is 0 Å². The fraction of sp³-hybridized carbons (Fsp3) is 0.200. The van der Waals surface area contributed by atoms with Crippen LogP contribution in [0.5, 0.6) is 0 Å². The van der Waals surface area contributed by atoms with Crippen LogP contribution in [0.15, 0.2) is 66.2 Å². The molecular weight excluding hydrogens is 422 g/mol. The Morgan fingerprint density at radius 3 is 2.72 bits per heavy atom. The largest absolute Gasteiger partial charge is 0.452 e. The van der Waals surface area contributed by atoms with E-state index in [9.17, 15) is 9.59 Å². The Bertz CT molecular complexity index is 1270. The highest BCUT2D eigenvalue weighted by atomic mass is 32.1. The lowest BCUT2D eigenvalue weighted by Gasteiger charge is -2.26. The second-order valence-corrected chi connectivity index (χ2v) is 8.64. The number of carbonyl (C=O) groups is 2. The van der Waals surface area contributed by atoms with Crippen LogP contribution in [0.2, 0.25) is 0 Å². The van der Waals surface area contributed by atoms with E-state index in [-0.39, 0.29) is 6.61 Å². The molecule has 7 heteroatoms. The van der Waals surface area contributed by atoms with Gasteiger partial charge in [-0.25, -0.2) is 9.78 Å². The molecule has 0 saturated carbocycles. The summed E-state index contributed by atoms with van der Waals surface area (Å²) in [6.45, 7) is -0.369. The standard InChI is InChI=1S/C25H21N3O3S/c29-22(28-25-26-12-13-32-25)15-31-24(30)23-18-8-4-5-9-20(18)27-21-11-10-17(14-19(21)23)16-6-2-1-3-7-16/h1-9,12-13,17H,10-11,14-15H2,(H,26,28,29). The lowest BCUT2D eigenvalue weighted by Crippen LogP contribution is -2.23. The van der Waals surface area contributed by atoms with Crippen LogP contribution in [0.3, 0.4) is 0 Å². The van der Waals surface area contributed by atoms with Crippen molar-refractivity contribution in [2.45, 2.75) is 25.2 Å². The molecule has 2 aromatic heterocycles. The van der Waals surface area contributed by atoms with E-state index >= 15 is 0 Å². The van der Waals surface area contributed by atoms with E-state index in [1.807, 2.05) is 42.5 Å². The highest BCUT2D eigenvalue weighted by Gasteiger charge is 2.28. The van der Waals surface area contributed by atoms with Crippen LogP contribution in [0.25, 0.3) is 10.9 Å². The summed E-state index contributed by atoms with van der Waals surface area (Å²) in [5.74, 6) is -0.600. The average Bonchev–Trinajstić information content (AvgIpc) is 3.34. The van der Waals surface area contributed by atoms with E-state index in [0.29, 0.717) is 23.0 Å². The summed E-state index contributed by atoms with van der Waals surface area (Å²) in [7, 11) is 0. The zero-order valence-electron chi connectivity index (χ0n) is 17.3. The minimum Gasteiger partial charge on any atom is -0.452 e. The van der Waals surface area contributed by atoms with Gasteiger partial charge < -0.3 is 4.74 Å². The maximum atomic E-state index is 13.2. The van der Waals surface area contributed by atoms with Gasteiger partial charge in [0.1, 0.15) is 0 Å². The third-order valence-electron chi connectivity index (χ3n) is 5.75. The number of para-hydroxylation sites is 1. The number of amides is 1. The Hall–Kier alpha value is -3.58. The van der Waals surface area contributed by atoms with Crippen LogP contribution in [-0.4, -0.2) is 28.5 Å². The van der Waals surface area contributed by atoms with Gasteiger partial charge in [-0.3, -0.25) is 15.1 Å². The van der Waals surface area contributed by atoms with E-state index in [4.69, 9.17) is 9.72 Å². The van der Waals surface area contributed by atoms with Gasteiger partial charge in [0.15, 0.2) is 11.7 Å². The Morgan fingerprint density at radius 2 is 1.91 bits per heavy atom. The number of aryl methyl sites for hydroxylation is 1. The average molecular weight is 444 g/mol. The predicted molar refractivity (Wildman–Crippen MR) is 124 cm³/mol. The third kappa shape index (κ3) is 4.11. The van der Waals surface area contributed by atoms with Gasteiger partial charge in [0.05, 0.1) is 11.1 Å². The highest BCUT2D eigenvalue weighted by molar-refractivity contribution is 7.13. The molecule has 5 rings (SSSR count). The number of carbonyl (C=O) groups excluding carboxylic acids is 2. The second-order valence-electron chi connectivity index (χ2n) is 7.74. The van der Waals surface area contributed by atoms with Crippen LogP contribution in [0.1, 0.15) is 39.5 Å². The lowest BCUT2D eigenvalue weighted by atomic mass is 9.80. The second kappa shape index (κ2) is 8.88. The fourth-order valence-electron chi connectivity index (χ4n) is 4.28. The molecule has 0 saturated heterocycles. The molecule has 0 bridgehead atoms. The van der Waals surface area contributed by atoms with Gasteiger partial charge in [-0.15, -0.1) is 11.3 Å². The van der Waals surface area contributed by atoms with Gasteiger partial charge in [0.25, 0.3) is 5.91 Å². The van der Waals surface area contributed by atoms with Crippen molar-refractivity contribution < 1.29 is 14.3 Å². The molecule has 6 nitrogen and oxygen atoms in total. The first-order valence-corrected chi connectivity index (χ1v) is 11.4. The molecule has 1 N–H and O–H groups in total. The summed E-state index contributed by atoms with van der Waals surface area (Å²) in [4.78, 5) is 34.3. The van der Waals surface area contributed by atoms with Gasteiger partial charge in [0, 0.05) is 22.7 Å². The summed E-state index contributed by atoms with van der Waals surface area (Å²) >= 11 is 1.31. The fourth-order valence-corrected chi connectivity index (χ4v) is 4.82. The minimum atomic E-state index is -0.497. The topological polar surface area (TPSA) is 81.2 Å². The first kappa shape index (κ1) is 20.3. The molecule has 160 valence electrons. The van der Waals surface area contributed by atoms with Crippen LogP contribution in [0.4, 0.5) is 5.13 Å². The number of rotatable bonds is 5. The van der Waals surface area contributed by atoms with Crippen LogP contribution < -0.4 is 5.32 Å². The number of hydrogen-bond acceptors (Lipinski definition) is 6. The summed E-state index contributed by atoms with van der Waals surface area (Å²) in [6.07, 6.45) is 4.09.